The second kappa shape index (κ2) is 3.12. The van der Waals surface area contributed by atoms with Crippen LogP contribution < -0.4 is 5.73 Å². The summed E-state index contributed by atoms with van der Waals surface area (Å²) in [6.07, 6.45) is -9.94. The first-order chi connectivity index (χ1) is 5.80. The van der Waals surface area contributed by atoms with E-state index >= 15 is 0 Å². The van der Waals surface area contributed by atoms with Gasteiger partial charge in [-0.1, -0.05) is 0 Å². The summed E-state index contributed by atoms with van der Waals surface area (Å²) in [5.74, 6) is -3.03. The van der Waals surface area contributed by atoms with E-state index < -0.39 is 36.3 Å². The molecule has 0 aliphatic heterocycles. The van der Waals surface area contributed by atoms with Crippen LogP contribution in [0, 0.1) is 0 Å². The van der Waals surface area contributed by atoms with Crippen molar-refractivity contribution in [1.82, 2.24) is 0 Å². The lowest BCUT2D eigenvalue weighted by atomic mass is 9.82. The number of aliphatic hydroxyl groups is 5. The summed E-state index contributed by atoms with van der Waals surface area (Å²) in [4.78, 5) is 0. The van der Waals surface area contributed by atoms with Gasteiger partial charge >= 0.3 is 0 Å². The molecule has 1 rings (SSSR count). The van der Waals surface area contributed by atoms with Crippen molar-refractivity contribution in [3.63, 3.8) is 0 Å². The highest BCUT2D eigenvalue weighted by atomic mass is 19.1. The van der Waals surface area contributed by atoms with Crippen molar-refractivity contribution < 1.29 is 29.9 Å². The summed E-state index contributed by atoms with van der Waals surface area (Å²) in [5, 5.41) is 44.9. The van der Waals surface area contributed by atoms with Gasteiger partial charge in [-0.25, -0.2) is 4.39 Å². The first kappa shape index (κ1) is 10.8. The van der Waals surface area contributed by atoms with Crippen molar-refractivity contribution in [3.05, 3.63) is 0 Å². The Morgan fingerprint density at radius 3 is 1.46 bits per heavy atom. The number of rotatable bonds is 0. The van der Waals surface area contributed by atoms with E-state index in [0.29, 0.717) is 0 Å². The molecule has 78 valence electrons. The van der Waals surface area contributed by atoms with E-state index in [4.69, 9.17) is 31.3 Å². The zero-order chi connectivity index (χ0) is 10.4. The maximum absolute atomic E-state index is 13.2. The lowest BCUT2D eigenvalue weighted by molar-refractivity contribution is -0.242. The third-order valence-corrected chi connectivity index (χ3v) is 2.25. The molecule has 6 nitrogen and oxygen atoms in total. The number of halogens is 1. The molecule has 0 saturated heterocycles. The minimum atomic E-state index is -3.03. The van der Waals surface area contributed by atoms with Crippen molar-refractivity contribution in [2.75, 3.05) is 0 Å². The molecule has 13 heavy (non-hydrogen) atoms. The molecule has 0 spiro atoms. The Morgan fingerprint density at radius 1 is 0.846 bits per heavy atom. The topological polar surface area (TPSA) is 127 Å². The third kappa shape index (κ3) is 1.43. The van der Waals surface area contributed by atoms with E-state index in [1.54, 1.807) is 0 Å². The van der Waals surface area contributed by atoms with Crippen molar-refractivity contribution in [3.8, 4) is 0 Å². The summed E-state index contributed by atoms with van der Waals surface area (Å²) in [6.45, 7) is 0. The number of aliphatic hydroxyl groups excluding tert-OH is 5. The fraction of sp³-hybridized carbons (Fsp3) is 1.00. The highest BCUT2D eigenvalue weighted by molar-refractivity contribution is 5.05. The van der Waals surface area contributed by atoms with E-state index in [2.05, 4.69) is 0 Å². The molecule has 1 fully saturated rings. The zero-order valence-electron chi connectivity index (χ0n) is 6.58. The van der Waals surface area contributed by atoms with Gasteiger partial charge in [-0.05, 0) is 0 Å². The van der Waals surface area contributed by atoms with Crippen LogP contribution in [0.5, 0.6) is 0 Å². The number of alkyl halides is 1. The Bertz CT molecular complexity index is 183. The van der Waals surface area contributed by atoms with Crippen LogP contribution in [-0.2, 0) is 0 Å². The molecule has 0 aromatic rings. The molecule has 7 N–H and O–H groups in total. The van der Waals surface area contributed by atoms with Gasteiger partial charge in [0, 0.05) is 0 Å². The predicted octanol–water partition coefficient (Wildman–Crippen LogP) is -3.57. The van der Waals surface area contributed by atoms with E-state index in [-0.39, 0.29) is 0 Å². The molecule has 0 aromatic carbocycles. The minimum absolute atomic E-state index is 1.82. The zero-order valence-corrected chi connectivity index (χ0v) is 6.58. The van der Waals surface area contributed by atoms with Gasteiger partial charge in [0.25, 0.3) is 0 Å². The van der Waals surface area contributed by atoms with Gasteiger partial charge in [-0.2, -0.15) is 0 Å². The predicted molar refractivity (Wildman–Crippen MR) is 38.1 cm³/mol. The molecule has 0 aromatic heterocycles. The number of nitrogens with two attached hydrogens (primary N) is 1. The summed E-state index contributed by atoms with van der Waals surface area (Å²) in [6, 6.07) is 0. The molecule has 0 radical (unpaired) electrons. The van der Waals surface area contributed by atoms with Gasteiger partial charge < -0.3 is 25.5 Å². The van der Waals surface area contributed by atoms with Crippen LogP contribution >= 0.6 is 0 Å². The third-order valence-electron chi connectivity index (χ3n) is 2.25. The lowest BCUT2D eigenvalue weighted by Crippen LogP contribution is -2.72. The summed E-state index contributed by atoms with van der Waals surface area (Å²) in [7, 11) is 0. The van der Waals surface area contributed by atoms with Gasteiger partial charge in [0.1, 0.15) is 30.5 Å². The first-order valence-corrected chi connectivity index (χ1v) is 3.68. The van der Waals surface area contributed by atoms with Gasteiger partial charge in [0.2, 0.25) is 5.79 Å². The molecule has 1 saturated carbocycles. The smallest absolute Gasteiger partial charge is 0.216 e. The van der Waals surface area contributed by atoms with Crippen LogP contribution in [0.4, 0.5) is 4.39 Å². The second-order valence-corrected chi connectivity index (χ2v) is 3.19. The highest BCUT2D eigenvalue weighted by Crippen LogP contribution is 2.29. The monoisotopic (exact) mass is 197 g/mol. The maximum Gasteiger partial charge on any atom is 0.216 e. The minimum Gasteiger partial charge on any atom is -0.387 e. The molecule has 1 aliphatic carbocycles. The molecule has 1 aliphatic rings. The molecule has 6 atom stereocenters. The maximum atomic E-state index is 13.2. The average molecular weight is 197 g/mol. The first-order valence-electron chi connectivity index (χ1n) is 3.68. The van der Waals surface area contributed by atoms with Crippen molar-refractivity contribution in [2.45, 2.75) is 36.3 Å². The Morgan fingerprint density at radius 2 is 1.15 bits per heavy atom. The number of hydrogen-bond donors (Lipinski definition) is 6. The van der Waals surface area contributed by atoms with E-state index in [1.807, 2.05) is 0 Å². The van der Waals surface area contributed by atoms with Gasteiger partial charge in [-0.15, -0.1) is 0 Å². The molecular formula is C6H12FNO5. The standard InChI is InChI=1S/C6H12FNO5/c7-6(8)4(12)2(10)1(9)3(11)5(6)13/h1-5,9-13H,8H2/t1?,2-,3-,4-,5+,6?/m0/s1. The Hall–Kier alpha value is -0.310. The Kier molecular flexibility index (Phi) is 2.59. The largest absolute Gasteiger partial charge is 0.387 e. The fourth-order valence-corrected chi connectivity index (χ4v) is 1.27. The molecule has 0 heterocycles. The average Bonchev–Trinajstić information content (AvgIpc) is 2.09. The summed E-state index contributed by atoms with van der Waals surface area (Å²) >= 11 is 0. The van der Waals surface area contributed by atoms with Crippen molar-refractivity contribution >= 4 is 0 Å². The van der Waals surface area contributed by atoms with Crippen molar-refractivity contribution in [1.29, 1.82) is 0 Å². The van der Waals surface area contributed by atoms with Gasteiger partial charge in [0.05, 0.1) is 0 Å². The fourth-order valence-electron chi connectivity index (χ4n) is 1.27. The van der Waals surface area contributed by atoms with Crippen LogP contribution in [0.2, 0.25) is 0 Å². The molecule has 0 amide bonds. The normalized spacial score (nSPS) is 57.9. The molecule has 0 bridgehead atoms. The second-order valence-electron chi connectivity index (χ2n) is 3.19. The van der Waals surface area contributed by atoms with Crippen molar-refractivity contribution in [2.24, 2.45) is 5.73 Å². The van der Waals surface area contributed by atoms with Crippen LogP contribution in [0.15, 0.2) is 0 Å². The van der Waals surface area contributed by atoms with Crippen LogP contribution in [0.3, 0.4) is 0 Å². The van der Waals surface area contributed by atoms with Gasteiger partial charge in [0.15, 0.2) is 0 Å². The van der Waals surface area contributed by atoms with Crippen LogP contribution in [0.1, 0.15) is 0 Å². The molecule has 2 unspecified atom stereocenters. The molecule has 7 heteroatoms. The summed E-state index contributed by atoms with van der Waals surface area (Å²) < 4.78 is 13.2. The number of hydrogen-bond acceptors (Lipinski definition) is 6. The highest BCUT2D eigenvalue weighted by Gasteiger charge is 2.57. The Balaban J connectivity index is 2.93. The summed E-state index contributed by atoms with van der Waals surface area (Å²) in [5.41, 5.74) is 4.81. The van der Waals surface area contributed by atoms with Crippen LogP contribution in [-0.4, -0.2) is 61.8 Å². The SMILES string of the molecule is NC1(F)[C@H](O)[C@@H](O)C(O)[C@H](O)[C@@H]1O. The van der Waals surface area contributed by atoms with Gasteiger partial charge in [-0.3, -0.25) is 5.73 Å². The van der Waals surface area contributed by atoms with E-state index in [0.717, 1.165) is 0 Å². The molecular weight excluding hydrogens is 185 g/mol. The Labute approximate surface area is 73.0 Å². The lowest BCUT2D eigenvalue weighted by Gasteiger charge is -2.43. The van der Waals surface area contributed by atoms with Crippen LogP contribution in [0.25, 0.3) is 0 Å². The van der Waals surface area contributed by atoms with E-state index in [9.17, 15) is 4.39 Å². The quantitative estimate of drug-likeness (QED) is 0.223. The van der Waals surface area contributed by atoms with E-state index in [1.165, 1.54) is 0 Å².